The second kappa shape index (κ2) is 19.3. The number of unbranched alkanes of at least 4 members (excludes halogenated alkanes) is 2. The highest BCUT2D eigenvalue weighted by molar-refractivity contribution is 6.10. The van der Waals surface area contributed by atoms with Gasteiger partial charge in [0, 0.05) is 50.2 Å². The zero-order chi connectivity index (χ0) is 47.8. The number of aromatic hydroxyl groups is 2. The third-order valence-electron chi connectivity index (χ3n) is 13.7. The fourth-order valence-electron chi connectivity index (χ4n) is 10.5. The lowest BCUT2D eigenvalue weighted by molar-refractivity contribution is 0.131. The van der Waals surface area contributed by atoms with Gasteiger partial charge in [-0.25, -0.2) is 0 Å². The van der Waals surface area contributed by atoms with Gasteiger partial charge in [0.2, 0.25) is 0 Å². The molecule has 0 aliphatic rings. The molecule has 0 bridgehead atoms. The van der Waals surface area contributed by atoms with Crippen molar-refractivity contribution in [2.75, 3.05) is 0 Å². The standard InChI is InChI=1S/C63H62N2O4/c1-7-9-19-44-29-31-60(50(38-44)52-33-40(3)35-58(62(52)66)64-54-25-15-11-21-46(54)47-22-12-16-26-55(47)64)68-42(5)37-43(6)69-61-32-30-45(20-10-8-2)39-51(61)53-34-41(4)36-59(63(53)67)65-56-27-17-13-23-48(56)49-24-14-18-28-57(49)65/h11-18,21-36,38-39,42-43,66-67H,7-10,19-20,37H2,1-6H3. The minimum absolute atomic E-state index is 0.213. The number of ether oxygens (including phenoxy) is 2. The molecular formula is C63H62N2O4. The molecule has 2 heterocycles. The van der Waals surface area contributed by atoms with Crippen molar-refractivity contribution in [3.63, 3.8) is 0 Å². The zero-order valence-corrected chi connectivity index (χ0v) is 40.7. The maximum absolute atomic E-state index is 12.5. The first-order valence-electron chi connectivity index (χ1n) is 24.9. The number of phenols is 2. The Morgan fingerprint density at radius 3 is 1.13 bits per heavy atom. The zero-order valence-electron chi connectivity index (χ0n) is 40.7. The number of aryl methyl sites for hydroxylation is 4. The van der Waals surface area contributed by atoms with E-state index in [1.54, 1.807) is 0 Å². The first-order valence-corrected chi connectivity index (χ1v) is 24.9. The summed E-state index contributed by atoms with van der Waals surface area (Å²) in [7, 11) is 0. The molecule has 0 fully saturated rings. The molecule has 2 aromatic heterocycles. The SMILES string of the molecule is CCCCc1ccc(OC(C)CC(C)Oc2ccc(CCCC)cc2-c2cc(C)cc(-n3c4ccccc4c4ccccc43)c2O)c(-c2cc(C)cc(-n3c4ccccc4c4ccccc43)c2O)c1. The van der Waals surface area contributed by atoms with Crippen LogP contribution in [0.4, 0.5) is 0 Å². The average molecular weight is 911 g/mol. The number of rotatable bonds is 16. The largest absolute Gasteiger partial charge is 0.505 e. The lowest BCUT2D eigenvalue weighted by Crippen LogP contribution is -2.23. The maximum Gasteiger partial charge on any atom is 0.147 e. The monoisotopic (exact) mass is 910 g/mol. The molecule has 0 aliphatic carbocycles. The normalized spacial score (nSPS) is 12.6. The highest BCUT2D eigenvalue weighted by atomic mass is 16.5. The Morgan fingerprint density at radius 1 is 0.435 bits per heavy atom. The van der Waals surface area contributed by atoms with Crippen molar-refractivity contribution in [1.29, 1.82) is 0 Å². The number of hydrogen-bond donors (Lipinski definition) is 2. The molecule has 8 aromatic carbocycles. The Bertz CT molecular complexity index is 3170. The molecule has 2 atom stereocenters. The summed E-state index contributed by atoms with van der Waals surface area (Å²) in [6.45, 7) is 12.8. The lowest BCUT2D eigenvalue weighted by Gasteiger charge is -2.24. The number of para-hydroxylation sites is 4. The summed E-state index contributed by atoms with van der Waals surface area (Å²) in [5.41, 5.74) is 13.3. The van der Waals surface area contributed by atoms with Gasteiger partial charge in [-0.15, -0.1) is 0 Å². The minimum Gasteiger partial charge on any atom is -0.505 e. The average Bonchev–Trinajstić information content (AvgIpc) is 3.87. The first-order chi connectivity index (χ1) is 33.6. The van der Waals surface area contributed by atoms with E-state index in [1.807, 2.05) is 0 Å². The van der Waals surface area contributed by atoms with E-state index in [-0.39, 0.29) is 23.7 Å². The van der Waals surface area contributed by atoms with Crippen LogP contribution in [0.1, 0.15) is 82.1 Å². The number of hydrogen-bond acceptors (Lipinski definition) is 4. The molecule has 0 amide bonds. The van der Waals surface area contributed by atoms with Crippen LogP contribution in [0.3, 0.4) is 0 Å². The van der Waals surface area contributed by atoms with E-state index in [9.17, 15) is 10.2 Å². The number of benzene rings is 8. The number of aromatic nitrogens is 2. The van der Waals surface area contributed by atoms with Gasteiger partial charge >= 0.3 is 0 Å². The van der Waals surface area contributed by atoms with Crippen LogP contribution in [-0.4, -0.2) is 31.6 Å². The molecule has 10 aromatic rings. The Hall–Kier alpha value is -7.44. The van der Waals surface area contributed by atoms with Crippen molar-refractivity contribution in [2.45, 2.75) is 98.7 Å². The van der Waals surface area contributed by atoms with Crippen LogP contribution in [0.25, 0.3) is 77.2 Å². The van der Waals surface area contributed by atoms with E-state index in [0.717, 1.165) is 127 Å². The Kier molecular flexibility index (Phi) is 12.7. The molecule has 0 aliphatic heterocycles. The van der Waals surface area contributed by atoms with Crippen LogP contribution in [0, 0.1) is 13.8 Å². The Morgan fingerprint density at radius 2 is 0.783 bits per heavy atom. The molecule has 0 saturated heterocycles. The fourth-order valence-corrected chi connectivity index (χ4v) is 10.5. The molecule has 348 valence electrons. The third-order valence-corrected chi connectivity index (χ3v) is 13.7. The predicted octanol–water partition coefficient (Wildman–Crippen LogP) is 16.6. The quantitative estimate of drug-likeness (QED) is 0.101. The van der Waals surface area contributed by atoms with Gasteiger partial charge in [0.05, 0.1) is 45.6 Å². The summed E-state index contributed by atoms with van der Waals surface area (Å²) in [6.07, 6.45) is 6.29. The topological polar surface area (TPSA) is 68.8 Å². The molecule has 69 heavy (non-hydrogen) atoms. The van der Waals surface area contributed by atoms with Crippen LogP contribution in [-0.2, 0) is 12.8 Å². The molecule has 2 unspecified atom stereocenters. The molecule has 6 nitrogen and oxygen atoms in total. The van der Waals surface area contributed by atoms with Gasteiger partial charge in [0.25, 0.3) is 0 Å². The van der Waals surface area contributed by atoms with Crippen molar-refractivity contribution in [3.8, 4) is 56.6 Å². The van der Waals surface area contributed by atoms with E-state index in [4.69, 9.17) is 9.47 Å². The molecule has 10 rings (SSSR count). The number of fused-ring (bicyclic) bond motifs is 6. The first kappa shape index (κ1) is 45.3. The van der Waals surface area contributed by atoms with Crippen molar-refractivity contribution in [3.05, 3.63) is 180 Å². The summed E-state index contributed by atoms with van der Waals surface area (Å²) >= 11 is 0. The van der Waals surface area contributed by atoms with Gasteiger partial charge in [-0.3, -0.25) is 0 Å². The van der Waals surface area contributed by atoms with Crippen LogP contribution in [0.2, 0.25) is 0 Å². The van der Waals surface area contributed by atoms with Crippen molar-refractivity contribution < 1.29 is 19.7 Å². The van der Waals surface area contributed by atoms with Gasteiger partial charge < -0.3 is 28.8 Å². The Balaban J connectivity index is 0.983. The molecule has 2 N–H and O–H groups in total. The number of nitrogens with zero attached hydrogens (tertiary/aromatic N) is 2. The van der Waals surface area contributed by atoms with Crippen molar-refractivity contribution in [2.24, 2.45) is 0 Å². The highest BCUT2D eigenvalue weighted by Gasteiger charge is 2.24. The smallest absolute Gasteiger partial charge is 0.147 e. The summed E-state index contributed by atoms with van der Waals surface area (Å²) < 4.78 is 18.2. The van der Waals surface area contributed by atoms with Crippen LogP contribution < -0.4 is 9.47 Å². The van der Waals surface area contributed by atoms with Crippen LogP contribution in [0.15, 0.2) is 158 Å². The minimum atomic E-state index is -0.245. The summed E-state index contributed by atoms with van der Waals surface area (Å²) in [6, 6.07) is 54.8. The third kappa shape index (κ3) is 8.69. The van der Waals surface area contributed by atoms with Crippen molar-refractivity contribution >= 4 is 43.6 Å². The van der Waals surface area contributed by atoms with E-state index >= 15 is 0 Å². The maximum atomic E-state index is 12.5. The van der Waals surface area contributed by atoms with Gasteiger partial charge in [-0.1, -0.05) is 112 Å². The fraction of sp³-hybridized carbons (Fsp3) is 0.238. The van der Waals surface area contributed by atoms with E-state index in [2.05, 4.69) is 208 Å². The molecule has 0 spiro atoms. The molecule has 0 radical (unpaired) electrons. The highest BCUT2D eigenvalue weighted by Crippen LogP contribution is 2.46. The lowest BCUT2D eigenvalue weighted by atomic mass is 9.96. The molecule has 0 saturated carbocycles. The van der Waals surface area contributed by atoms with E-state index in [0.29, 0.717) is 17.9 Å². The van der Waals surface area contributed by atoms with Gasteiger partial charge in [0.1, 0.15) is 23.0 Å². The van der Waals surface area contributed by atoms with E-state index in [1.165, 1.54) is 11.1 Å². The second-order valence-corrected chi connectivity index (χ2v) is 19.1. The summed E-state index contributed by atoms with van der Waals surface area (Å²) in [4.78, 5) is 0. The van der Waals surface area contributed by atoms with Crippen molar-refractivity contribution in [1.82, 2.24) is 9.13 Å². The second-order valence-electron chi connectivity index (χ2n) is 19.1. The summed E-state index contributed by atoms with van der Waals surface area (Å²) in [5, 5.41) is 29.5. The molecule has 6 heteroatoms. The molecular weight excluding hydrogens is 849 g/mol. The van der Waals surface area contributed by atoms with Crippen LogP contribution in [0.5, 0.6) is 23.0 Å². The number of phenolic OH excluding ortho intramolecular Hbond substituents is 2. The summed E-state index contributed by atoms with van der Waals surface area (Å²) in [5.74, 6) is 1.86. The predicted molar refractivity (Wildman–Crippen MR) is 287 cm³/mol. The van der Waals surface area contributed by atoms with Gasteiger partial charge in [-0.2, -0.15) is 0 Å². The Labute approximate surface area is 406 Å². The van der Waals surface area contributed by atoms with Gasteiger partial charge in [0.15, 0.2) is 0 Å². The van der Waals surface area contributed by atoms with Crippen LogP contribution >= 0.6 is 0 Å². The van der Waals surface area contributed by atoms with Gasteiger partial charge in [-0.05, 0) is 148 Å². The van der Waals surface area contributed by atoms with E-state index < -0.39 is 0 Å².